The van der Waals surface area contributed by atoms with Gasteiger partial charge >= 0.3 is 0 Å². The molecule has 1 aliphatic heterocycles. The summed E-state index contributed by atoms with van der Waals surface area (Å²) in [6.07, 6.45) is 1.18. The Hall–Kier alpha value is -0.120. The lowest BCUT2D eigenvalue weighted by Crippen LogP contribution is -2.44. The van der Waals surface area contributed by atoms with Crippen LogP contribution in [-0.2, 0) is 9.47 Å². The fourth-order valence-electron chi connectivity index (χ4n) is 1.96. The first kappa shape index (κ1) is 12.9. The average Bonchev–Trinajstić information content (AvgIpc) is 2.67. The Labute approximate surface area is 93.5 Å². The first-order chi connectivity index (χ1) is 7.05. The fourth-order valence-corrected chi connectivity index (χ4v) is 1.96. The van der Waals surface area contributed by atoms with Gasteiger partial charge in [-0.3, -0.25) is 0 Å². The maximum Gasteiger partial charge on any atom is 0.0750 e. The molecule has 0 aromatic carbocycles. The molecule has 1 fully saturated rings. The van der Waals surface area contributed by atoms with Gasteiger partial charge in [0.15, 0.2) is 0 Å². The zero-order valence-electron chi connectivity index (χ0n) is 10.5. The molecular formula is C12H25NO2. The van der Waals surface area contributed by atoms with Crippen molar-refractivity contribution in [3.8, 4) is 0 Å². The quantitative estimate of drug-likeness (QED) is 0.733. The third kappa shape index (κ3) is 4.49. The number of hydrogen-bond acceptors (Lipinski definition) is 3. The van der Waals surface area contributed by atoms with Crippen molar-refractivity contribution in [2.75, 3.05) is 26.4 Å². The Bertz CT molecular complexity index is 176. The molecule has 2 unspecified atom stereocenters. The van der Waals surface area contributed by atoms with Crippen LogP contribution in [0.25, 0.3) is 0 Å². The van der Waals surface area contributed by atoms with Crippen molar-refractivity contribution < 1.29 is 9.47 Å². The van der Waals surface area contributed by atoms with Crippen LogP contribution in [0.3, 0.4) is 0 Å². The van der Waals surface area contributed by atoms with Gasteiger partial charge in [0.1, 0.15) is 0 Å². The number of nitrogens with one attached hydrogen (secondary N) is 1. The SMILES string of the molecule is CCOC(C)(C)CNC(C)C1CCOC1. The van der Waals surface area contributed by atoms with Crippen molar-refractivity contribution in [3.05, 3.63) is 0 Å². The molecule has 0 bridgehead atoms. The second kappa shape index (κ2) is 5.83. The van der Waals surface area contributed by atoms with Gasteiger partial charge in [0.25, 0.3) is 0 Å². The van der Waals surface area contributed by atoms with E-state index in [-0.39, 0.29) is 5.60 Å². The van der Waals surface area contributed by atoms with Gasteiger partial charge < -0.3 is 14.8 Å². The fraction of sp³-hybridized carbons (Fsp3) is 1.00. The largest absolute Gasteiger partial charge is 0.381 e. The highest BCUT2D eigenvalue weighted by atomic mass is 16.5. The summed E-state index contributed by atoms with van der Waals surface area (Å²) in [6.45, 7) is 12.0. The Balaban J connectivity index is 2.23. The van der Waals surface area contributed by atoms with Gasteiger partial charge in [0, 0.05) is 25.8 Å². The van der Waals surface area contributed by atoms with E-state index in [9.17, 15) is 0 Å². The molecule has 0 aromatic heterocycles. The number of rotatable bonds is 6. The van der Waals surface area contributed by atoms with Crippen LogP contribution in [0.5, 0.6) is 0 Å². The first-order valence-corrected chi connectivity index (χ1v) is 6.00. The van der Waals surface area contributed by atoms with E-state index in [2.05, 4.69) is 26.1 Å². The van der Waals surface area contributed by atoms with E-state index in [0.717, 1.165) is 26.4 Å². The van der Waals surface area contributed by atoms with E-state index in [1.54, 1.807) is 0 Å². The smallest absolute Gasteiger partial charge is 0.0750 e. The summed E-state index contributed by atoms with van der Waals surface area (Å²) in [6, 6.07) is 0.521. The molecule has 0 spiro atoms. The van der Waals surface area contributed by atoms with Crippen molar-refractivity contribution in [3.63, 3.8) is 0 Å². The maximum atomic E-state index is 5.65. The molecule has 0 aliphatic carbocycles. The third-order valence-electron chi connectivity index (χ3n) is 3.06. The minimum Gasteiger partial charge on any atom is -0.381 e. The predicted octanol–water partition coefficient (Wildman–Crippen LogP) is 1.82. The topological polar surface area (TPSA) is 30.5 Å². The minimum atomic E-state index is -0.0670. The molecule has 0 saturated carbocycles. The summed E-state index contributed by atoms with van der Waals surface area (Å²) in [5.41, 5.74) is -0.0670. The van der Waals surface area contributed by atoms with E-state index in [4.69, 9.17) is 9.47 Å². The molecule has 15 heavy (non-hydrogen) atoms. The molecular weight excluding hydrogens is 190 g/mol. The maximum absolute atomic E-state index is 5.65. The third-order valence-corrected chi connectivity index (χ3v) is 3.06. The van der Waals surface area contributed by atoms with Crippen LogP contribution < -0.4 is 5.32 Å². The van der Waals surface area contributed by atoms with Gasteiger partial charge in [-0.1, -0.05) is 0 Å². The molecule has 2 atom stereocenters. The second-order valence-corrected chi connectivity index (χ2v) is 4.99. The van der Waals surface area contributed by atoms with E-state index in [1.165, 1.54) is 6.42 Å². The summed E-state index contributed by atoms with van der Waals surface area (Å²) in [5.74, 6) is 0.669. The van der Waals surface area contributed by atoms with Crippen LogP contribution in [-0.4, -0.2) is 38.0 Å². The van der Waals surface area contributed by atoms with E-state index >= 15 is 0 Å². The van der Waals surface area contributed by atoms with Crippen molar-refractivity contribution >= 4 is 0 Å². The number of ether oxygens (including phenoxy) is 2. The van der Waals surface area contributed by atoms with Crippen molar-refractivity contribution in [1.82, 2.24) is 5.32 Å². The summed E-state index contributed by atoms with van der Waals surface area (Å²) in [5, 5.41) is 3.54. The zero-order valence-corrected chi connectivity index (χ0v) is 10.5. The lowest BCUT2D eigenvalue weighted by molar-refractivity contribution is -0.0115. The predicted molar refractivity (Wildman–Crippen MR) is 62.1 cm³/mol. The molecule has 1 heterocycles. The van der Waals surface area contributed by atoms with Gasteiger partial charge in [0.2, 0.25) is 0 Å². The van der Waals surface area contributed by atoms with Crippen LogP contribution in [0.1, 0.15) is 34.1 Å². The summed E-state index contributed by atoms with van der Waals surface area (Å²) < 4.78 is 11.0. The highest BCUT2D eigenvalue weighted by Crippen LogP contribution is 2.17. The molecule has 0 amide bonds. The highest BCUT2D eigenvalue weighted by molar-refractivity contribution is 4.79. The van der Waals surface area contributed by atoms with Crippen LogP contribution >= 0.6 is 0 Å². The van der Waals surface area contributed by atoms with Crippen molar-refractivity contribution in [1.29, 1.82) is 0 Å². The Kier molecular flexibility index (Phi) is 5.03. The van der Waals surface area contributed by atoms with Gasteiger partial charge in [-0.15, -0.1) is 0 Å². The average molecular weight is 215 g/mol. The lowest BCUT2D eigenvalue weighted by atomic mass is 9.99. The monoisotopic (exact) mass is 215 g/mol. The van der Waals surface area contributed by atoms with Crippen LogP contribution in [0, 0.1) is 5.92 Å². The van der Waals surface area contributed by atoms with E-state index in [0.29, 0.717) is 12.0 Å². The molecule has 1 rings (SSSR count). The first-order valence-electron chi connectivity index (χ1n) is 6.00. The van der Waals surface area contributed by atoms with E-state index in [1.807, 2.05) is 6.92 Å². The lowest BCUT2D eigenvalue weighted by Gasteiger charge is -2.28. The summed E-state index contributed by atoms with van der Waals surface area (Å²) >= 11 is 0. The Morgan fingerprint density at radius 2 is 2.27 bits per heavy atom. The van der Waals surface area contributed by atoms with Crippen LogP contribution in [0.15, 0.2) is 0 Å². The molecule has 3 nitrogen and oxygen atoms in total. The normalized spacial score (nSPS) is 24.4. The Morgan fingerprint density at radius 3 is 2.80 bits per heavy atom. The molecule has 1 saturated heterocycles. The summed E-state index contributed by atoms with van der Waals surface area (Å²) in [7, 11) is 0. The molecule has 0 radical (unpaired) electrons. The van der Waals surface area contributed by atoms with Crippen LogP contribution in [0.2, 0.25) is 0 Å². The van der Waals surface area contributed by atoms with Crippen LogP contribution in [0.4, 0.5) is 0 Å². The van der Waals surface area contributed by atoms with E-state index < -0.39 is 0 Å². The van der Waals surface area contributed by atoms with Gasteiger partial charge in [-0.25, -0.2) is 0 Å². The van der Waals surface area contributed by atoms with Gasteiger partial charge in [-0.05, 0) is 40.0 Å². The molecule has 1 N–H and O–H groups in total. The molecule has 1 aliphatic rings. The second-order valence-electron chi connectivity index (χ2n) is 4.99. The molecule has 0 aromatic rings. The van der Waals surface area contributed by atoms with Crippen molar-refractivity contribution in [2.24, 2.45) is 5.92 Å². The molecule has 90 valence electrons. The highest BCUT2D eigenvalue weighted by Gasteiger charge is 2.24. The summed E-state index contributed by atoms with van der Waals surface area (Å²) in [4.78, 5) is 0. The number of hydrogen-bond donors (Lipinski definition) is 1. The van der Waals surface area contributed by atoms with Gasteiger partial charge in [-0.2, -0.15) is 0 Å². The Morgan fingerprint density at radius 1 is 1.53 bits per heavy atom. The minimum absolute atomic E-state index is 0.0670. The van der Waals surface area contributed by atoms with Crippen molar-refractivity contribution in [2.45, 2.75) is 45.8 Å². The zero-order chi connectivity index (χ0) is 11.3. The standard InChI is InChI=1S/C12H25NO2/c1-5-15-12(3,4)9-13-10(2)11-6-7-14-8-11/h10-11,13H,5-9H2,1-4H3. The van der Waals surface area contributed by atoms with Gasteiger partial charge in [0.05, 0.1) is 12.2 Å². The molecule has 3 heteroatoms.